The summed E-state index contributed by atoms with van der Waals surface area (Å²) in [5.74, 6) is 1.06. The molecule has 0 amide bonds. The van der Waals surface area contributed by atoms with Crippen molar-refractivity contribution < 1.29 is 9.21 Å². The fraction of sp³-hybridized carbons (Fsp3) is 0.207. The van der Waals surface area contributed by atoms with E-state index in [1.54, 1.807) is 6.26 Å². The van der Waals surface area contributed by atoms with Gasteiger partial charge in [0, 0.05) is 55.0 Å². The van der Waals surface area contributed by atoms with Gasteiger partial charge in [-0.05, 0) is 58.7 Å². The largest absolute Gasteiger partial charge is 0.469 e. The number of carbonyl (C=O) groups excluding carboxylic acids is 1. The summed E-state index contributed by atoms with van der Waals surface area (Å²) in [4.78, 5) is 15.8. The number of hydrogen-bond acceptors (Lipinski definition) is 4. The van der Waals surface area contributed by atoms with Crippen molar-refractivity contribution in [3.05, 3.63) is 107 Å². The summed E-state index contributed by atoms with van der Waals surface area (Å²) in [5.41, 5.74) is 6.50. The lowest BCUT2D eigenvalue weighted by atomic mass is 9.71. The van der Waals surface area contributed by atoms with Crippen molar-refractivity contribution in [1.29, 1.82) is 0 Å². The molecule has 1 aliphatic carbocycles. The van der Waals surface area contributed by atoms with Crippen LogP contribution < -0.4 is 10.2 Å². The number of nitrogens with one attached hydrogen (secondary N) is 1. The first kappa shape index (κ1) is 19.9. The van der Waals surface area contributed by atoms with Gasteiger partial charge >= 0.3 is 0 Å². The molecule has 0 unspecified atom stereocenters. The number of nitrogens with zero attached hydrogens (tertiary/aromatic N) is 1. The molecule has 0 bridgehead atoms. The molecule has 164 valence electrons. The summed E-state index contributed by atoms with van der Waals surface area (Å²) < 4.78 is 5.67. The molecule has 3 aromatic carbocycles. The number of ketones is 1. The number of fused-ring (bicyclic) bond motifs is 3. The van der Waals surface area contributed by atoms with Crippen LogP contribution >= 0.6 is 0 Å². The summed E-state index contributed by atoms with van der Waals surface area (Å²) in [6, 6.07) is 25.3. The maximum atomic E-state index is 13.7. The first-order valence-electron chi connectivity index (χ1n) is 11.5. The van der Waals surface area contributed by atoms with Gasteiger partial charge in [-0.15, -0.1) is 0 Å². The molecule has 4 nitrogen and oxygen atoms in total. The summed E-state index contributed by atoms with van der Waals surface area (Å²) in [6.45, 7) is 0. The second-order valence-corrected chi connectivity index (χ2v) is 9.23. The van der Waals surface area contributed by atoms with Gasteiger partial charge < -0.3 is 14.6 Å². The summed E-state index contributed by atoms with van der Waals surface area (Å²) >= 11 is 0. The zero-order valence-corrected chi connectivity index (χ0v) is 18.8. The predicted octanol–water partition coefficient (Wildman–Crippen LogP) is 6.46. The Balaban J connectivity index is 1.55. The highest BCUT2D eigenvalue weighted by Crippen LogP contribution is 2.50. The molecule has 2 atom stereocenters. The van der Waals surface area contributed by atoms with Crippen LogP contribution in [0.1, 0.15) is 41.6 Å². The molecule has 1 N–H and O–H groups in total. The van der Waals surface area contributed by atoms with E-state index in [1.807, 2.05) is 26.2 Å². The lowest BCUT2D eigenvalue weighted by molar-refractivity contribution is -0.116. The van der Waals surface area contributed by atoms with E-state index < -0.39 is 0 Å². The minimum Gasteiger partial charge on any atom is -0.469 e. The summed E-state index contributed by atoms with van der Waals surface area (Å²) in [5, 5.41) is 6.03. The van der Waals surface area contributed by atoms with E-state index in [0.717, 1.165) is 40.4 Å². The van der Waals surface area contributed by atoms with Gasteiger partial charge in [-0.2, -0.15) is 0 Å². The Labute approximate surface area is 193 Å². The number of benzene rings is 3. The number of hydrogen-bond donors (Lipinski definition) is 1. The van der Waals surface area contributed by atoms with Gasteiger partial charge in [-0.3, -0.25) is 4.79 Å². The van der Waals surface area contributed by atoms with Gasteiger partial charge in [0.15, 0.2) is 5.78 Å². The van der Waals surface area contributed by atoms with Crippen LogP contribution in [0.15, 0.2) is 94.7 Å². The quantitative estimate of drug-likeness (QED) is 0.402. The molecule has 4 aromatic rings. The number of carbonyl (C=O) groups is 1. The van der Waals surface area contributed by atoms with Crippen molar-refractivity contribution in [1.82, 2.24) is 0 Å². The van der Waals surface area contributed by atoms with Crippen LogP contribution in [-0.2, 0) is 4.79 Å². The number of furan rings is 1. The molecular weight excluding hydrogens is 408 g/mol. The minimum atomic E-state index is -0.0939. The van der Waals surface area contributed by atoms with Crippen molar-refractivity contribution in [2.45, 2.75) is 24.7 Å². The highest BCUT2D eigenvalue weighted by Gasteiger charge is 2.39. The monoisotopic (exact) mass is 434 g/mol. The molecule has 2 heterocycles. The second kappa shape index (κ2) is 7.66. The van der Waals surface area contributed by atoms with Gasteiger partial charge in [0.05, 0.1) is 6.26 Å². The molecular formula is C29H26N2O2. The molecule has 0 radical (unpaired) electrons. The lowest BCUT2D eigenvalue weighted by Gasteiger charge is -2.37. The standard InChI is InChI=1S/C29H26N2O2/c1-31(2)21-12-9-19(10-13-21)27-28-22-7-4-3-6-18(22)11-14-23(28)30-24-16-20(17-25(32)29(24)27)26-8-5-15-33-26/h3-15,20,27,30H,16-17H2,1-2H3/t20-,27+/m0/s1. The number of anilines is 2. The lowest BCUT2D eigenvalue weighted by Crippen LogP contribution is -2.29. The maximum Gasteiger partial charge on any atom is 0.162 e. The average molecular weight is 435 g/mol. The van der Waals surface area contributed by atoms with E-state index in [9.17, 15) is 4.79 Å². The Morgan fingerprint density at radius 2 is 1.73 bits per heavy atom. The van der Waals surface area contributed by atoms with E-state index in [1.165, 1.54) is 16.3 Å². The smallest absolute Gasteiger partial charge is 0.162 e. The van der Waals surface area contributed by atoms with Crippen molar-refractivity contribution in [3.63, 3.8) is 0 Å². The van der Waals surface area contributed by atoms with E-state index in [4.69, 9.17) is 4.42 Å². The van der Waals surface area contributed by atoms with Gasteiger partial charge in [-0.1, -0.05) is 42.5 Å². The fourth-order valence-corrected chi connectivity index (χ4v) is 5.43. The molecule has 4 heteroatoms. The van der Waals surface area contributed by atoms with Crippen LogP contribution in [0.5, 0.6) is 0 Å². The van der Waals surface area contributed by atoms with Gasteiger partial charge in [-0.25, -0.2) is 0 Å². The summed E-state index contributed by atoms with van der Waals surface area (Å²) in [7, 11) is 4.09. The Morgan fingerprint density at radius 1 is 0.909 bits per heavy atom. The number of rotatable bonds is 3. The highest BCUT2D eigenvalue weighted by atomic mass is 16.3. The van der Waals surface area contributed by atoms with E-state index in [0.29, 0.717) is 6.42 Å². The SMILES string of the molecule is CN(C)c1ccc([C@H]2C3=C(C[C@H](c4ccco4)CC3=O)Nc3ccc4ccccc4c32)cc1. The maximum absolute atomic E-state index is 13.7. The Bertz CT molecular complexity index is 1380. The van der Waals surface area contributed by atoms with Gasteiger partial charge in [0.1, 0.15) is 5.76 Å². The van der Waals surface area contributed by atoms with Crippen LogP contribution in [0.2, 0.25) is 0 Å². The molecule has 0 fully saturated rings. The number of Topliss-reactive ketones (excluding diaryl/α,β-unsaturated/α-hetero) is 1. The molecule has 6 rings (SSSR count). The predicted molar refractivity (Wildman–Crippen MR) is 133 cm³/mol. The third-order valence-corrected chi connectivity index (χ3v) is 7.03. The third kappa shape index (κ3) is 3.25. The van der Waals surface area contributed by atoms with Crippen molar-refractivity contribution >= 4 is 27.9 Å². The molecule has 1 aliphatic heterocycles. The fourth-order valence-electron chi connectivity index (χ4n) is 5.43. The van der Waals surface area contributed by atoms with Crippen LogP contribution in [0.25, 0.3) is 10.8 Å². The molecule has 33 heavy (non-hydrogen) atoms. The zero-order chi connectivity index (χ0) is 22.5. The van der Waals surface area contributed by atoms with Crippen molar-refractivity contribution in [3.8, 4) is 0 Å². The van der Waals surface area contributed by atoms with E-state index in [-0.39, 0.29) is 17.6 Å². The van der Waals surface area contributed by atoms with Crippen molar-refractivity contribution in [2.75, 3.05) is 24.3 Å². The molecule has 0 saturated heterocycles. The average Bonchev–Trinajstić information content (AvgIpc) is 3.38. The molecule has 1 aromatic heterocycles. The Hall–Kier alpha value is -3.79. The molecule has 0 saturated carbocycles. The highest BCUT2D eigenvalue weighted by molar-refractivity contribution is 6.04. The van der Waals surface area contributed by atoms with Gasteiger partial charge in [0.2, 0.25) is 0 Å². The first-order valence-corrected chi connectivity index (χ1v) is 11.5. The third-order valence-electron chi connectivity index (χ3n) is 7.03. The number of allylic oxidation sites excluding steroid dienone is 2. The van der Waals surface area contributed by atoms with Crippen LogP contribution in [-0.4, -0.2) is 19.9 Å². The van der Waals surface area contributed by atoms with Crippen LogP contribution in [0.3, 0.4) is 0 Å². The Kier molecular flexibility index (Phi) is 4.61. The molecule has 0 spiro atoms. The Morgan fingerprint density at radius 3 is 2.48 bits per heavy atom. The first-order chi connectivity index (χ1) is 16.1. The van der Waals surface area contributed by atoms with Crippen LogP contribution in [0.4, 0.5) is 11.4 Å². The zero-order valence-electron chi connectivity index (χ0n) is 18.8. The summed E-state index contributed by atoms with van der Waals surface area (Å²) in [6.07, 6.45) is 2.93. The van der Waals surface area contributed by atoms with Crippen LogP contribution in [0, 0.1) is 0 Å². The van der Waals surface area contributed by atoms with Gasteiger partial charge in [0.25, 0.3) is 0 Å². The second-order valence-electron chi connectivity index (χ2n) is 9.23. The topological polar surface area (TPSA) is 45.5 Å². The van der Waals surface area contributed by atoms with Crippen molar-refractivity contribution in [2.24, 2.45) is 0 Å². The van der Waals surface area contributed by atoms with E-state index >= 15 is 0 Å². The van der Waals surface area contributed by atoms with E-state index in [2.05, 4.69) is 70.9 Å². The normalized spacial score (nSPS) is 19.8. The minimum absolute atomic E-state index is 0.0672. The molecule has 2 aliphatic rings.